The van der Waals surface area contributed by atoms with Crippen LogP contribution in [-0.4, -0.2) is 35.9 Å². The number of anilines is 1. The van der Waals surface area contributed by atoms with E-state index in [9.17, 15) is 9.59 Å². The van der Waals surface area contributed by atoms with Crippen LogP contribution in [0.3, 0.4) is 0 Å². The highest BCUT2D eigenvalue weighted by Gasteiger charge is 2.16. The smallest absolute Gasteiger partial charge is 0.267 e. The largest absolute Gasteiger partial charge is 0.354 e. The summed E-state index contributed by atoms with van der Waals surface area (Å²) < 4.78 is 0. The molecule has 6 nitrogen and oxygen atoms in total. The van der Waals surface area contributed by atoms with Crippen LogP contribution in [0.25, 0.3) is 0 Å². The van der Waals surface area contributed by atoms with Gasteiger partial charge in [0.05, 0.1) is 17.0 Å². The van der Waals surface area contributed by atoms with Crippen LogP contribution < -0.4 is 16.0 Å². The van der Waals surface area contributed by atoms with Crippen LogP contribution in [0.4, 0.5) is 5.13 Å². The number of rotatable bonds is 6. The molecule has 10 heteroatoms. The number of carbonyl (C=O) groups excluding carboxylic acids is 2. The van der Waals surface area contributed by atoms with Crippen molar-refractivity contribution in [3.63, 3.8) is 0 Å². The second-order valence-corrected chi connectivity index (χ2v) is 7.16. The molecule has 3 rings (SSSR count). The van der Waals surface area contributed by atoms with Gasteiger partial charge in [-0.1, -0.05) is 6.07 Å². The van der Waals surface area contributed by atoms with Gasteiger partial charge in [-0.05, 0) is 30.8 Å². The number of nitrogens with one attached hydrogen (secondary N) is 3. The molecule has 3 heterocycles. The molecule has 138 valence electrons. The molecule has 2 amide bonds. The van der Waals surface area contributed by atoms with Crippen molar-refractivity contribution >= 4 is 64.4 Å². The Bertz CT molecular complexity index is 673. The van der Waals surface area contributed by atoms with Crippen LogP contribution in [0.2, 0.25) is 0 Å². The lowest BCUT2D eigenvalue weighted by Gasteiger charge is -2.10. The van der Waals surface area contributed by atoms with Gasteiger partial charge in [-0.3, -0.25) is 14.9 Å². The summed E-state index contributed by atoms with van der Waals surface area (Å²) in [4.78, 5) is 28.8. The van der Waals surface area contributed by atoms with Gasteiger partial charge in [0.25, 0.3) is 5.91 Å². The molecule has 1 atom stereocenters. The third-order valence-electron chi connectivity index (χ3n) is 3.57. The fourth-order valence-electron chi connectivity index (χ4n) is 2.41. The van der Waals surface area contributed by atoms with Gasteiger partial charge in [0.2, 0.25) is 5.91 Å². The Kier molecular flexibility index (Phi) is 9.37. The topological polar surface area (TPSA) is 83.1 Å². The molecule has 25 heavy (non-hydrogen) atoms. The van der Waals surface area contributed by atoms with E-state index in [1.54, 1.807) is 11.4 Å². The predicted octanol–water partition coefficient (Wildman–Crippen LogP) is 2.71. The van der Waals surface area contributed by atoms with Gasteiger partial charge in [-0.15, -0.1) is 47.5 Å². The van der Waals surface area contributed by atoms with E-state index >= 15 is 0 Å². The minimum absolute atomic E-state index is 0. The average Bonchev–Trinajstić information content (AvgIpc) is 3.28. The number of aromatic nitrogens is 1. The molecule has 0 radical (unpaired) electrons. The summed E-state index contributed by atoms with van der Waals surface area (Å²) in [5.74, 6) is -0.210. The summed E-state index contributed by atoms with van der Waals surface area (Å²) in [6.45, 7) is 1.69. The number of hydrogen-bond donors (Lipinski definition) is 3. The molecule has 0 saturated carbocycles. The Labute approximate surface area is 166 Å². The molecule has 1 fully saturated rings. The second-order valence-electron chi connectivity index (χ2n) is 5.35. The summed E-state index contributed by atoms with van der Waals surface area (Å²) in [7, 11) is 0. The molecule has 1 aliphatic rings. The molecule has 0 aliphatic carbocycles. The maximum absolute atomic E-state index is 11.9. The van der Waals surface area contributed by atoms with Crippen molar-refractivity contribution in [1.29, 1.82) is 0 Å². The first kappa shape index (κ1) is 21.9. The van der Waals surface area contributed by atoms with Gasteiger partial charge in [0.15, 0.2) is 5.13 Å². The summed E-state index contributed by atoms with van der Waals surface area (Å²) in [5.41, 5.74) is 0.674. The fourth-order valence-corrected chi connectivity index (χ4v) is 3.73. The highest BCUT2D eigenvalue weighted by Crippen LogP contribution is 2.18. The van der Waals surface area contributed by atoms with Crippen molar-refractivity contribution in [3.05, 3.63) is 33.5 Å². The minimum Gasteiger partial charge on any atom is -0.354 e. The molecule has 0 spiro atoms. The lowest BCUT2D eigenvalue weighted by Crippen LogP contribution is -2.37. The Morgan fingerprint density at radius 1 is 1.32 bits per heavy atom. The van der Waals surface area contributed by atoms with Crippen molar-refractivity contribution in [2.75, 3.05) is 18.4 Å². The quantitative estimate of drug-likeness (QED) is 0.667. The van der Waals surface area contributed by atoms with Crippen molar-refractivity contribution in [2.45, 2.75) is 25.3 Å². The molecule has 2 aromatic heterocycles. The van der Waals surface area contributed by atoms with Gasteiger partial charge >= 0.3 is 0 Å². The summed E-state index contributed by atoms with van der Waals surface area (Å²) >= 11 is 2.71. The van der Waals surface area contributed by atoms with Crippen molar-refractivity contribution < 1.29 is 9.59 Å². The molecular weight excluding hydrogens is 403 g/mol. The Balaban J connectivity index is 0.00000156. The molecule has 2 aromatic rings. The van der Waals surface area contributed by atoms with E-state index < -0.39 is 0 Å². The third kappa shape index (κ3) is 6.56. The van der Waals surface area contributed by atoms with E-state index in [1.165, 1.54) is 29.1 Å². The molecule has 1 saturated heterocycles. The fraction of sp³-hybridized carbons (Fsp3) is 0.400. The number of nitrogens with zero attached hydrogens (tertiary/aromatic N) is 1. The third-order valence-corrected chi connectivity index (χ3v) is 5.24. The minimum atomic E-state index is -0.169. The van der Waals surface area contributed by atoms with Crippen LogP contribution in [0.5, 0.6) is 0 Å². The molecule has 0 aromatic carbocycles. The standard InChI is InChI=1S/C15H18N4O2S2.2ClH/c20-13(17-8-10-3-1-5-16-10)7-11-9-23-15(18-11)19-14(21)12-4-2-6-22-12;;/h2,4,6,9-10,16H,1,3,5,7-8H2,(H,17,20)(H,18,19,21);2*1H. The van der Waals surface area contributed by atoms with Crippen molar-refractivity contribution in [2.24, 2.45) is 0 Å². The summed E-state index contributed by atoms with van der Waals surface area (Å²) in [6.07, 6.45) is 2.51. The molecule has 1 unspecified atom stereocenters. The predicted molar refractivity (Wildman–Crippen MR) is 107 cm³/mol. The first-order chi connectivity index (χ1) is 11.2. The van der Waals surface area contributed by atoms with E-state index in [0.717, 1.165) is 13.0 Å². The highest BCUT2D eigenvalue weighted by molar-refractivity contribution is 7.14. The van der Waals surface area contributed by atoms with Gasteiger partial charge in [0.1, 0.15) is 0 Å². The number of hydrogen-bond acceptors (Lipinski definition) is 6. The number of thiazole rings is 1. The van der Waals surface area contributed by atoms with Crippen molar-refractivity contribution in [1.82, 2.24) is 15.6 Å². The zero-order valence-electron chi connectivity index (χ0n) is 13.3. The number of thiophene rings is 1. The normalized spacial score (nSPS) is 15.8. The van der Waals surface area contributed by atoms with Crippen molar-refractivity contribution in [3.8, 4) is 0 Å². The SMILES string of the molecule is Cl.Cl.O=C(Cc1csc(NC(=O)c2cccs2)n1)NCC1CCCN1. The van der Waals surface area contributed by atoms with Gasteiger partial charge in [-0.25, -0.2) is 4.98 Å². The zero-order chi connectivity index (χ0) is 16.1. The Morgan fingerprint density at radius 3 is 2.84 bits per heavy atom. The highest BCUT2D eigenvalue weighted by atomic mass is 35.5. The number of amides is 2. The van der Waals surface area contributed by atoms with E-state index in [-0.39, 0.29) is 43.0 Å². The van der Waals surface area contributed by atoms with Gasteiger partial charge < -0.3 is 10.6 Å². The second kappa shape index (κ2) is 10.7. The first-order valence-corrected chi connectivity index (χ1v) is 9.26. The van der Waals surface area contributed by atoms with Crippen LogP contribution in [-0.2, 0) is 11.2 Å². The lowest BCUT2D eigenvalue weighted by atomic mass is 10.2. The number of halogens is 2. The van der Waals surface area contributed by atoms with Crippen LogP contribution in [0.15, 0.2) is 22.9 Å². The summed E-state index contributed by atoms with van der Waals surface area (Å²) in [6, 6.07) is 3.98. The Hall–Kier alpha value is -1.19. The lowest BCUT2D eigenvalue weighted by molar-refractivity contribution is -0.120. The average molecular weight is 423 g/mol. The molecule has 3 N–H and O–H groups in total. The van der Waals surface area contributed by atoms with E-state index in [0.29, 0.717) is 28.3 Å². The summed E-state index contributed by atoms with van der Waals surface area (Å²) in [5, 5.41) is 13.2. The maximum atomic E-state index is 11.9. The molecular formula is C15H20Cl2N4O2S2. The molecule has 1 aliphatic heterocycles. The van der Waals surface area contributed by atoms with E-state index in [4.69, 9.17) is 0 Å². The van der Waals surface area contributed by atoms with Crippen LogP contribution >= 0.6 is 47.5 Å². The number of carbonyl (C=O) groups is 2. The van der Waals surface area contributed by atoms with Crippen LogP contribution in [0.1, 0.15) is 28.2 Å². The van der Waals surface area contributed by atoms with E-state index in [1.807, 2.05) is 11.4 Å². The first-order valence-electron chi connectivity index (χ1n) is 7.50. The van der Waals surface area contributed by atoms with E-state index in [2.05, 4.69) is 20.9 Å². The van der Waals surface area contributed by atoms with Crippen LogP contribution in [0, 0.1) is 0 Å². The zero-order valence-corrected chi connectivity index (χ0v) is 16.6. The van der Waals surface area contributed by atoms with Gasteiger partial charge in [-0.2, -0.15) is 0 Å². The van der Waals surface area contributed by atoms with Gasteiger partial charge in [0, 0.05) is 18.0 Å². The maximum Gasteiger partial charge on any atom is 0.267 e. The molecule has 0 bridgehead atoms. The monoisotopic (exact) mass is 422 g/mol. The Morgan fingerprint density at radius 2 is 2.16 bits per heavy atom.